The monoisotopic (exact) mass is 288 g/mol. The van der Waals surface area contributed by atoms with E-state index in [9.17, 15) is 0 Å². The Hall–Kier alpha value is -2.21. The molecular formula is C14H16N4OS. The molecule has 0 aliphatic heterocycles. The molecule has 0 unspecified atom stereocenters. The molecule has 1 aromatic carbocycles. The zero-order valence-electron chi connectivity index (χ0n) is 11.2. The Morgan fingerprint density at radius 3 is 2.85 bits per heavy atom. The number of aryl methyl sites for hydroxylation is 1. The highest BCUT2D eigenvalue weighted by molar-refractivity contribution is 7.71. The lowest BCUT2D eigenvalue weighted by molar-refractivity contribution is 0.363. The van der Waals surface area contributed by atoms with E-state index in [1.54, 1.807) is 17.0 Å². The van der Waals surface area contributed by atoms with Crippen molar-refractivity contribution in [2.24, 2.45) is 5.10 Å². The number of rotatable bonds is 6. The van der Waals surface area contributed by atoms with Crippen molar-refractivity contribution in [3.63, 3.8) is 0 Å². The van der Waals surface area contributed by atoms with Gasteiger partial charge in [-0.2, -0.15) is 14.9 Å². The quantitative estimate of drug-likeness (QED) is 0.505. The molecule has 1 N–H and O–H groups in total. The van der Waals surface area contributed by atoms with Crippen molar-refractivity contribution in [3.05, 3.63) is 53.1 Å². The van der Waals surface area contributed by atoms with Crippen LogP contribution in [0.1, 0.15) is 18.3 Å². The summed E-state index contributed by atoms with van der Waals surface area (Å²) in [6.07, 6.45) is 4.21. The maximum absolute atomic E-state index is 5.42. The lowest BCUT2D eigenvalue weighted by atomic mass is 10.2. The van der Waals surface area contributed by atoms with Crippen LogP contribution >= 0.6 is 12.2 Å². The molecule has 0 bridgehead atoms. The zero-order valence-corrected chi connectivity index (χ0v) is 12.1. The molecule has 5 nitrogen and oxygen atoms in total. The molecule has 0 saturated heterocycles. The van der Waals surface area contributed by atoms with Gasteiger partial charge in [-0.05, 0) is 42.0 Å². The second-order valence-corrected chi connectivity index (χ2v) is 4.41. The lowest BCUT2D eigenvalue weighted by Crippen LogP contribution is -1.97. The van der Waals surface area contributed by atoms with Crippen molar-refractivity contribution in [2.45, 2.75) is 13.3 Å². The molecule has 1 aromatic heterocycles. The van der Waals surface area contributed by atoms with Crippen LogP contribution in [-0.4, -0.2) is 27.7 Å². The first kappa shape index (κ1) is 14.2. The average Bonchev–Trinajstić information content (AvgIpc) is 2.84. The Bertz CT molecular complexity index is 655. The molecule has 0 atom stereocenters. The van der Waals surface area contributed by atoms with Gasteiger partial charge in [0.2, 0.25) is 4.77 Å². The summed E-state index contributed by atoms with van der Waals surface area (Å²) in [5, 5.41) is 11.2. The fraction of sp³-hybridized carbons (Fsp3) is 0.214. The number of nitrogens with zero attached hydrogens (tertiary/aromatic N) is 3. The third-order valence-corrected chi connectivity index (χ3v) is 2.87. The minimum Gasteiger partial charge on any atom is -0.490 e. The topological polar surface area (TPSA) is 55.2 Å². The fourth-order valence-electron chi connectivity index (χ4n) is 1.60. The average molecular weight is 288 g/mol. The van der Waals surface area contributed by atoms with Crippen molar-refractivity contribution in [2.75, 3.05) is 6.61 Å². The van der Waals surface area contributed by atoms with Crippen LogP contribution in [0.3, 0.4) is 0 Å². The normalized spacial score (nSPS) is 10.8. The molecule has 0 aliphatic rings. The Labute approximate surface area is 122 Å². The second-order valence-electron chi connectivity index (χ2n) is 4.02. The number of aromatic nitrogens is 3. The molecule has 6 heteroatoms. The van der Waals surface area contributed by atoms with Gasteiger partial charge in [-0.15, -0.1) is 0 Å². The predicted octanol–water partition coefficient (Wildman–Crippen LogP) is 2.95. The maximum Gasteiger partial charge on any atom is 0.216 e. The SMILES string of the molecule is C=CCOc1ccc(/C=N\n2c(CC)n[nH]c2=S)cc1. The number of benzene rings is 1. The summed E-state index contributed by atoms with van der Waals surface area (Å²) in [7, 11) is 0. The van der Waals surface area contributed by atoms with E-state index in [1.807, 2.05) is 31.2 Å². The van der Waals surface area contributed by atoms with Crippen LogP contribution in [0.15, 0.2) is 42.0 Å². The van der Waals surface area contributed by atoms with E-state index in [0.29, 0.717) is 11.4 Å². The minimum atomic E-state index is 0.490. The third-order valence-electron chi connectivity index (χ3n) is 2.60. The van der Waals surface area contributed by atoms with Crippen LogP contribution in [0.4, 0.5) is 0 Å². The van der Waals surface area contributed by atoms with Gasteiger partial charge in [0.15, 0.2) is 5.82 Å². The van der Waals surface area contributed by atoms with Gasteiger partial charge < -0.3 is 4.74 Å². The zero-order chi connectivity index (χ0) is 14.4. The van der Waals surface area contributed by atoms with Gasteiger partial charge >= 0.3 is 0 Å². The highest BCUT2D eigenvalue weighted by atomic mass is 32.1. The number of H-pyrrole nitrogens is 1. The molecule has 20 heavy (non-hydrogen) atoms. The van der Waals surface area contributed by atoms with Crippen LogP contribution in [0, 0.1) is 4.77 Å². The van der Waals surface area contributed by atoms with Crippen LogP contribution in [0.2, 0.25) is 0 Å². The Kier molecular flexibility index (Phi) is 4.84. The summed E-state index contributed by atoms with van der Waals surface area (Å²) < 4.78 is 7.53. The minimum absolute atomic E-state index is 0.490. The molecule has 0 spiro atoms. The second kappa shape index (κ2) is 6.81. The van der Waals surface area contributed by atoms with Crippen molar-refractivity contribution in [1.29, 1.82) is 0 Å². The number of aromatic amines is 1. The Morgan fingerprint density at radius 2 is 2.20 bits per heavy atom. The van der Waals surface area contributed by atoms with E-state index in [2.05, 4.69) is 21.9 Å². The lowest BCUT2D eigenvalue weighted by Gasteiger charge is -2.02. The van der Waals surface area contributed by atoms with Crippen LogP contribution in [0.5, 0.6) is 5.75 Å². The third kappa shape index (κ3) is 3.42. The van der Waals surface area contributed by atoms with Crippen molar-refractivity contribution < 1.29 is 4.74 Å². The predicted molar refractivity (Wildman–Crippen MR) is 81.9 cm³/mol. The summed E-state index contributed by atoms with van der Waals surface area (Å²) in [5.74, 6) is 1.61. The molecule has 0 fully saturated rings. The molecule has 0 radical (unpaired) electrons. The largest absolute Gasteiger partial charge is 0.490 e. The number of hydrogen-bond acceptors (Lipinski definition) is 4. The van der Waals surface area contributed by atoms with Gasteiger partial charge in [-0.25, -0.2) is 0 Å². The van der Waals surface area contributed by atoms with Gasteiger partial charge in [-0.3, -0.25) is 5.10 Å². The standard InChI is InChI=1S/C14H16N4OS/c1-3-9-19-12-7-5-11(6-8-12)10-15-18-13(4-2)16-17-14(18)20/h3,5-8,10H,1,4,9H2,2H3,(H,17,20)/b15-10-. The summed E-state index contributed by atoms with van der Waals surface area (Å²) >= 11 is 5.12. The first-order valence-electron chi connectivity index (χ1n) is 6.29. The van der Waals surface area contributed by atoms with Gasteiger partial charge in [0.05, 0.1) is 6.21 Å². The van der Waals surface area contributed by atoms with Crippen molar-refractivity contribution in [3.8, 4) is 5.75 Å². The summed E-state index contributed by atoms with van der Waals surface area (Å²) in [5.41, 5.74) is 0.959. The molecule has 2 rings (SSSR count). The van der Waals surface area contributed by atoms with Gasteiger partial charge in [-0.1, -0.05) is 19.6 Å². The number of ether oxygens (including phenoxy) is 1. The van der Waals surface area contributed by atoms with Crippen LogP contribution in [-0.2, 0) is 6.42 Å². The van der Waals surface area contributed by atoms with E-state index in [4.69, 9.17) is 17.0 Å². The van der Waals surface area contributed by atoms with Gasteiger partial charge in [0.25, 0.3) is 0 Å². The smallest absolute Gasteiger partial charge is 0.216 e. The van der Waals surface area contributed by atoms with Crippen molar-refractivity contribution in [1.82, 2.24) is 14.9 Å². The molecule has 0 saturated carbocycles. The van der Waals surface area contributed by atoms with E-state index < -0.39 is 0 Å². The maximum atomic E-state index is 5.42. The highest BCUT2D eigenvalue weighted by Crippen LogP contribution is 2.11. The first-order valence-corrected chi connectivity index (χ1v) is 6.69. The van der Waals surface area contributed by atoms with Crippen LogP contribution in [0.25, 0.3) is 0 Å². The Morgan fingerprint density at radius 1 is 1.45 bits per heavy atom. The molecule has 2 aromatic rings. The van der Waals surface area contributed by atoms with E-state index in [0.717, 1.165) is 23.6 Å². The van der Waals surface area contributed by atoms with E-state index >= 15 is 0 Å². The molecule has 0 aliphatic carbocycles. The molecular weight excluding hydrogens is 272 g/mol. The van der Waals surface area contributed by atoms with E-state index in [1.165, 1.54) is 0 Å². The Balaban J connectivity index is 2.13. The highest BCUT2D eigenvalue weighted by Gasteiger charge is 2.01. The van der Waals surface area contributed by atoms with Gasteiger partial charge in [0, 0.05) is 6.42 Å². The van der Waals surface area contributed by atoms with E-state index in [-0.39, 0.29) is 0 Å². The molecule has 1 heterocycles. The fourth-order valence-corrected chi connectivity index (χ4v) is 1.80. The summed E-state index contributed by atoms with van der Waals surface area (Å²) in [4.78, 5) is 0. The molecule has 104 valence electrons. The summed E-state index contributed by atoms with van der Waals surface area (Å²) in [6.45, 7) is 6.11. The van der Waals surface area contributed by atoms with Crippen LogP contribution < -0.4 is 4.74 Å². The molecule has 0 amide bonds. The number of hydrogen-bond donors (Lipinski definition) is 1. The van der Waals surface area contributed by atoms with Gasteiger partial charge in [0.1, 0.15) is 12.4 Å². The first-order chi connectivity index (χ1) is 9.74. The van der Waals surface area contributed by atoms with Crippen molar-refractivity contribution >= 4 is 18.4 Å². The summed E-state index contributed by atoms with van der Waals surface area (Å²) in [6, 6.07) is 7.63. The number of nitrogens with one attached hydrogen (secondary N) is 1.